The molecule has 12 nitrogen and oxygen atoms in total. The van der Waals surface area contributed by atoms with Gasteiger partial charge in [0.1, 0.15) is 23.9 Å². The molecule has 4 atom stereocenters. The Morgan fingerprint density at radius 3 is 2.12 bits per heavy atom. The zero-order valence-electron chi connectivity index (χ0n) is 18.4. The van der Waals surface area contributed by atoms with Gasteiger partial charge >= 0.3 is 5.97 Å². The molecule has 1 heterocycles. The monoisotopic (exact) mass is 492 g/mol. The van der Waals surface area contributed by atoms with Crippen LogP contribution in [0.15, 0.2) is 36.8 Å². The van der Waals surface area contributed by atoms with Crippen LogP contribution in [0, 0.1) is 0 Å². The summed E-state index contributed by atoms with van der Waals surface area (Å²) >= 11 is 4.08. The van der Waals surface area contributed by atoms with Gasteiger partial charge in [0.15, 0.2) is 0 Å². The molecule has 184 valence electrons. The first-order chi connectivity index (χ1) is 16.1. The van der Waals surface area contributed by atoms with Gasteiger partial charge in [0, 0.05) is 30.5 Å². The molecule has 0 saturated carbocycles. The summed E-state index contributed by atoms with van der Waals surface area (Å²) in [7, 11) is 0. The van der Waals surface area contributed by atoms with E-state index < -0.39 is 47.9 Å². The molecule has 0 spiro atoms. The Labute approximate surface area is 201 Å². The number of aromatic amines is 1. The van der Waals surface area contributed by atoms with Gasteiger partial charge in [0.2, 0.25) is 17.7 Å². The Morgan fingerprint density at radius 2 is 1.59 bits per heavy atom. The van der Waals surface area contributed by atoms with Gasteiger partial charge in [0.05, 0.1) is 12.4 Å². The fraction of sp³-hybridized carbons (Fsp3) is 0.381. The number of phenolic OH excluding ortho intramolecular Hbond substituents is 1. The van der Waals surface area contributed by atoms with E-state index in [1.54, 1.807) is 12.1 Å². The normalized spacial score (nSPS) is 14.3. The number of imidazole rings is 1. The van der Waals surface area contributed by atoms with Crippen LogP contribution in [0.2, 0.25) is 0 Å². The maximum absolute atomic E-state index is 13.0. The molecule has 4 unspecified atom stereocenters. The van der Waals surface area contributed by atoms with Gasteiger partial charge in [-0.25, -0.2) is 9.78 Å². The molecule has 0 fully saturated rings. The largest absolute Gasteiger partial charge is 0.508 e. The van der Waals surface area contributed by atoms with Crippen molar-refractivity contribution in [1.29, 1.82) is 0 Å². The number of carboxylic acid groups (broad SMARTS) is 1. The minimum absolute atomic E-state index is 0.00518. The lowest BCUT2D eigenvalue weighted by Gasteiger charge is -2.24. The highest BCUT2D eigenvalue weighted by atomic mass is 32.1. The van der Waals surface area contributed by atoms with Crippen molar-refractivity contribution in [3.05, 3.63) is 48.0 Å². The zero-order chi connectivity index (χ0) is 25.3. The molecule has 3 amide bonds. The number of nitrogens with two attached hydrogens (primary N) is 1. The Kier molecular flexibility index (Phi) is 9.89. The molecule has 13 heteroatoms. The number of H-pyrrole nitrogens is 1. The highest BCUT2D eigenvalue weighted by Crippen LogP contribution is 2.12. The quantitative estimate of drug-likeness (QED) is 0.167. The topological polar surface area (TPSA) is 200 Å². The average molecular weight is 493 g/mol. The second-order valence-electron chi connectivity index (χ2n) is 7.64. The lowest BCUT2D eigenvalue weighted by Crippen LogP contribution is -2.58. The van der Waals surface area contributed by atoms with E-state index in [4.69, 9.17) is 5.73 Å². The third-order valence-electron chi connectivity index (χ3n) is 4.83. The molecule has 8 N–H and O–H groups in total. The van der Waals surface area contributed by atoms with Gasteiger partial charge in [-0.3, -0.25) is 14.4 Å². The molecular formula is C21H28N6O6S. The summed E-state index contributed by atoms with van der Waals surface area (Å²) in [6.45, 7) is 1.45. The predicted octanol–water partition coefficient (Wildman–Crippen LogP) is -1.28. The molecule has 0 aliphatic heterocycles. The number of thiol groups is 1. The number of benzene rings is 1. The summed E-state index contributed by atoms with van der Waals surface area (Å²) < 4.78 is 0. The number of aliphatic carboxylic acids is 1. The van der Waals surface area contributed by atoms with Gasteiger partial charge in [-0.2, -0.15) is 12.6 Å². The molecule has 0 saturated heterocycles. The van der Waals surface area contributed by atoms with E-state index in [-0.39, 0.29) is 24.3 Å². The Hall–Kier alpha value is -3.58. The van der Waals surface area contributed by atoms with Crippen LogP contribution < -0.4 is 21.7 Å². The number of nitrogens with zero attached hydrogens (tertiary/aromatic N) is 1. The number of aromatic nitrogens is 2. The van der Waals surface area contributed by atoms with Gasteiger partial charge in [0.25, 0.3) is 0 Å². The van der Waals surface area contributed by atoms with Crippen molar-refractivity contribution in [2.24, 2.45) is 5.73 Å². The SMILES string of the molecule is CC(N)C(=O)NC(CS)C(=O)NC(Cc1ccc(O)cc1)C(=O)NC(Cc1cnc[nH]1)C(=O)O. The van der Waals surface area contributed by atoms with Crippen LogP contribution in [0.4, 0.5) is 0 Å². The number of carboxylic acids is 1. The maximum atomic E-state index is 13.0. The molecule has 1 aromatic carbocycles. The number of hydrogen-bond donors (Lipinski definition) is 8. The fourth-order valence-electron chi connectivity index (χ4n) is 2.94. The smallest absolute Gasteiger partial charge is 0.326 e. The lowest BCUT2D eigenvalue weighted by molar-refractivity contribution is -0.142. The Bertz CT molecular complexity index is 982. The molecule has 0 aliphatic rings. The molecular weight excluding hydrogens is 464 g/mol. The standard InChI is InChI=1S/C21H28N6O6S/c1-11(22)18(29)27-17(9-34)20(31)25-15(6-12-2-4-14(28)5-3-12)19(30)26-16(21(32)33)7-13-8-23-10-24-13/h2-5,8,10-11,15-17,28,34H,6-7,9,22H2,1H3,(H,23,24)(H,25,31)(H,26,30)(H,27,29)(H,32,33). The van der Waals surface area contributed by atoms with Crippen LogP contribution in [0.3, 0.4) is 0 Å². The molecule has 2 rings (SSSR count). The third kappa shape index (κ3) is 8.08. The van der Waals surface area contributed by atoms with Gasteiger partial charge < -0.3 is 36.9 Å². The van der Waals surface area contributed by atoms with E-state index in [9.17, 15) is 29.4 Å². The van der Waals surface area contributed by atoms with Crippen molar-refractivity contribution in [3.63, 3.8) is 0 Å². The minimum atomic E-state index is -1.29. The van der Waals surface area contributed by atoms with E-state index in [0.717, 1.165) is 0 Å². The first kappa shape index (κ1) is 26.7. The van der Waals surface area contributed by atoms with E-state index in [1.807, 2.05) is 0 Å². The van der Waals surface area contributed by atoms with E-state index >= 15 is 0 Å². The molecule has 0 radical (unpaired) electrons. The number of rotatable bonds is 12. The average Bonchev–Trinajstić information content (AvgIpc) is 3.30. The number of aromatic hydroxyl groups is 1. The molecule has 0 bridgehead atoms. The summed E-state index contributed by atoms with van der Waals surface area (Å²) in [6, 6.07) is 1.57. The maximum Gasteiger partial charge on any atom is 0.326 e. The van der Waals surface area contributed by atoms with Crippen molar-refractivity contribution in [1.82, 2.24) is 25.9 Å². The van der Waals surface area contributed by atoms with E-state index in [2.05, 4.69) is 38.5 Å². The number of nitrogens with one attached hydrogen (secondary N) is 4. The third-order valence-corrected chi connectivity index (χ3v) is 5.20. The van der Waals surface area contributed by atoms with Crippen molar-refractivity contribution in [2.45, 2.75) is 43.9 Å². The second kappa shape index (κ2) is 12.6. The first-order valence-electron chi connectivity index (χ1n) is 10.4. The Morgan fingerprint density at radius 1 is 1.00 bits per heavy atom. The molecule has 34 heavy (non-hydrogen) atoms. The van der Waals surface area contributed by atoms with Gasteiger partial charge in [-0.15, -0.1) is 0 Å². The van der Waals surface area contributed by atoms with Crippen LogP contribution in [-0.4, -0.2) is 73.8 Å². The second-order valence-corrected chi connectivity index (χ2v) is 8.01. The molecule has 0 aliphatic carbocycles. The zero-order valence-corrected chi connectivity index (χ0v) is 19.3. The number of carbonyl (C=O) groups excluding carboxylic acids is 3. The van der Waals surface area contributed by atoms with Crippen LogP contribution >= 0.6 is 12.6 Å². The summed E-state index contributed by atoms with van der Waals surface area (Å²) in [5.41, 5.74) is 6.62. The summed E-state index contributed by atoms with van der Waals surface area (Å²) in [6.07, 6.45) is 2.77. The van der Waals surface area contributed by atoms with Crippen LogP contribution in [-0.2, 0) is 32.0 Å². The van der Waals surface area contributed by atoms with Crippen LogP contribution in [0.5, 0.6) is 5.75 Å². The molecule has 2 aromatic rings. The van der Waals surface area contributed by atoms with Crippen molar-refractivity contribution in [2.75, 3.05) is 5.75 Å². The highest BCUT2D eigenvalue weighted by Gasteiger charge is 2.30. The van der Waals surface area contributed by atoms with E-state index in [0.29, 0.717) is 11.3 Å². The van der Waals surface area contributed by atoms with Crippen molar-refractivity contribution in [3.8, 4) is 5.75 Å². The van der Waals surface area contributed by atoms with Crippen LogP contribution in [0.1, 0.15) is 18.2 Å². The Balaban J connectivity index is 2.20. The van der Waals surface area contributed by atoms with Crippen molar-refractivity contribution >= 4 is 36.3 Å². The number of hydrogen-bond acceptors (Lipinski definition) is 8. The highest BCUT2D eigenvalue weighted by molar-refractivity contribution is 7.80. The number of phenols is 1. The minimum Gasteiger partial charge on any atom is -0.508 e. The van der Waals surface area contributed by atoms with E-state index in [1.165, 1.54) is 31.6 Å². The van der Waals surface area contributed by atoms with Crippen LogP contribution in [0.25, 0.3) is 0 Å². The predicted molar refractivity (Wildman–Crippen MR) is 125 cm³/mol. The fourth-order valence-corrected chi connectivity index (χ4v) is 3.19. The summed E-state index contributed by atoms with van der Waals surface area (Å²) in [5.74, 6) is -3.31. The van der Waals surface area contributed by atoms with Gasteiger partial charge in [-0.1, -0.05) is 12.1 Å². The van der Waals surface area contributed by atoms with Gasteiger partial charge in [-0.05, 0) is 24.6 Å². The summed E-state index contributed by atoms with van der Waals surface area (Å²) in [4.78, 5) is 56.1. The molecule has 1 aromatic heterocycles. The number of carbonyl (C=O) groups is 4. The number of amides is 3. The lowest BCUT2D eigenvalue weighted by atomic mass is 10.0. The van der Waals surface area contributed by atoms with Crippen molar-refractivity contribution < 1.29 is 29.4 Å². The first-order valence-corrected chi connectivity index (χ1v) is 11.0. The summed E-state index contributed by atoms with van der Waals surface area (Å²) in [5, 5.41) is 26.5.